The summed E-state index contributed by atoms with van der Waals surface area (Å²) >= 11 is 0. The molecule has 0 aliphatic rings. The van der Waals surface area contributed by atoms with Gasteiger partial charge in [-0.15, -0.1) is 0 Å². The Balaban J connectivity index is 2.03. The summed E-state index contributed by atoms with van der Waals surface area (Å²) in [5.74, 6) is 0.297. The fourth-order valence-electron chi connectivity index (χ4n) is 2.55. The van der Waals surface area contributed by atoms with E-state index in [0.29, 0.717) is 12.4 Å². The molecule has 2 aromatic rings. The van der Waals surface area contributed by atoms with Crippen LogP contribution in [-0.4, -0.2) is 28.6 Å². The molecule has 0 aliphatic heterocycles. The first-order chi connectivity index (χ1) is 10.5. The average Bonchev–Trinajstić information content (AvgIpc) is 2.77. The van der Waals surface area contributed by atoms with Crippen LogP contribution in [0.25, 0.3) is 0 Å². The van der Waals surface area contributed by atoms with Crippen LogP contribution < -0.4 is 5.32 Å². The summed E-state index contributed by atoms with van der Waals surface area (Å²) in [7, 11) is 1.70. The normalized spacial score (nSPS) is 12.5. The summed E-state index contributed by atoms with van der Waals surface area (Å²) in [4.78, 5) is 0. The predicted molar refractivity (Wildman–Crippen MR) is 86.9 cm³/mol. The number of phenolic OH excluding ortho intramolecular Hbond substituents is 1. The first-order valence-electron chi connectivity index (χ1n) is 7.57. The van der Waals surface area contributed by atoms with Gasteiger partial charge in [-0.25, -0.2) is 0 Å². The minimum atomic E-state index is 0.160. The third kappa shape index (κ3) is 3.87. The second kappa shape index (κ2) is 7.42. The van der Waals surface area contributed by atoms with E-state index >= 15 is 0 Å². The van der Waals surface area contributed by atoms with Gasteiger partial charge >= 0.3 is 0 Å². The molecular formula is C17H25N3O2. The maximum atomic E-state index is 9.57. The van der Waals surface area contributed by atoms with Gasteiger partial charge in [0.1, 0.15) is 5.75 Å². The molecule has 120 valence electrons. The molecule has 0 bridgehead atoms. The van der Waals surface area contributed by atoms with Gasteiger partial charge in [-0.1, -0.05) is 12.1 Å². The van der Waals surface area contributed by atoms with Crippen LogP contribution in [0.5, 0.6) is 5.75 Å². The highest BCUT2D eigenvalue weighted by molar-refractivity contribution is 5.29. The number of aryl methyl sites for hydroxylation is 1. The SMILES string of the molecule is COCCn1nc(C)c(CN[C@@H](C)c2cccc(O)c2)c1C. The van der Waals surface area contributed by atoms with E-state index in [9.17, 15) is 5.11 Å². The number of benzene rings is 1. The second-order valence-corrected chi connectivity index (χ2v) is 5.56. The number of rotatable bonds is 7. The number of aromatic hydroxyl groups is 1. The molecule has 1 atom stereocenters. The van der Waals surface area contributed by atoms with E-state index in [1.54, 1.807) is 19.2 Å². The van der Waals surface area contributed by atoms with Gasteiger partial charge < -0.3 is 15.2 Å². The largest absolute Gasteiger partial charge is 0.508 e. The molecule has 0 saturated carbocycles. The van der Waals surface area contributed by atoms with Crippen molar-refractivity contribution in [3.05, 3.63) is 46.8 Å². The van der Waals surface area contributed by atoms with E-state index in [1.165, 1.54) is 11.3 Å². The van der Waals surface area contributed by atoms with Crippen LogP contribution in [-0.2, 0) is 17.8 Å². The van der Waals surface area contributed by atoms with E-state index in [0.717, 1.165) is 24.3 Å². The van der Waals surface area contributed by atoms with Crippen LogP contribution >= 0.6 is 0 Å². The number of nitrogens with zero attached hydrogens (tertiary/aromatic N) is 2. The molecule has 5 heteroatoms. The smallest absolute Gasteiger partial charge is 0.115 e. The van der Waals surface area contributed by atoms with Crippen LogP contribution in [0.1, 0.15) is 35.5 Å². The molecule has 0 radical (unpaired) electrons. The highest BCUT2D eigenvalue weighted by atomic mass is 16.5. The van der Waals surface area contributed by atoms with Crippen LogP contribution in [0.15, 0.2) is 24.3 Å². The number of hydrogen-bond donors (Lipinski definition) is 2. The summed E-state index contributed by atoms with van der Waals surface area (Å²) in [6.07, 6.45) is 0. The van der Waals surface area contributed by atoms with Crippen molar-refractivity contribution < 1.29 is 9.84 Å². The zero-order valence-corrected chi connectivity index (χ0v) is 13.8. The Morgan fingerprint density at radius 1 is 1.36 bits per heavy atom. The maximum Gasteiger partial charge on any atom is 0.115 e. The molecule has 0 aliphatic carbocycles. The zero-order chi connectivity index (χ0) is 16.1. The molecule has 2 N–H and O–H groups in total. The van der Waals surface area contributed by atoms with Gasteiger partial charge in [0.25, 0.3) is 0 Å². The van der Waals surface area contributed by atoms with Crippen LogP contribution in [0, 0.1) is 13.8 Å². The molecule has 1 aromatic carbocycles. The second-order valence-electron chi connectivity index (χ2n) is 5.56. The number of methoxy groups -OCH3 is 1. The topological polar surface area (TPSA) is 59.3 Å². The molecule has 0 amide bonds. The standard InChI is InChI=1S/C17H25N3O2/c1-12(15-6-5-7-16(21)10-15)18-11-17-13(2)19-20(14(17)3)8-9-22-4/h5-7,10,12,18,21H,8-9,11H2,1-4H3/t12-/m0/s1. The van der Waals surface area contributed by atoms with Gasteiger partial charge in [-0.05, 0) is 38.5 Å². The molecule has 2 rings (SSSR count). The first-order valence-corrected chi connectivity index (χ1v) is 7.57. The van der Waals surface area contributed by atoms with Gasteiger partial charge in [0.15, 0.2) is 0 Å². The minimum absolute atomic E-state index is 0.160. The van der Waals surface area contributed by atoms with Crippen LogP contribution in [0.4, 0.5) is 0 Å². The molecule has 0 saturated heterocycles. The molecule has 5 nitrogen and oxygen atoms in total. The number of aromatic nitrogens is 2. The monoisotopic (exact) mass is 303 g/mol. The molecule has 1 aromatic heterocycles. The first kappa shape index (κ1) is 16.5. The van der Waals surface area contributed by atoms with Gasteiger partial charge in [0.2, 0.25) is 0 Å². The van der Waals surface area contributed by atoms with Gasteiger partial charge in [0, 0.05) is 31.0 Å². The minimum Gasteiger partial charge on any atom is -0.508 e. The van der Waals surface area contributed by atoms with Crippen molar-refractivity contribution in [2.24, 2.45) is 0 Å². The predicted octanol–water partition coefficient (Wildman–Crippen LogP) is 2.70. The van der Waals surface area contributed by atoms with Crippen molar-refractivity contribution in [2.45, 2.75) is 39.9 Å². The zero-order valence-electron chi connectivity index (χ0n) is 13.8. The van der Waals surface area contributed by atoms with Crippen LogP contribution in [0.2, 0.25) is 0 Å². The third-order valence-corrected chi connectivity index (χ3v) is 3.99. The molecular weight excluding hydrogens is 278 g/mol. The molecule has 0 spiro atoms. The number of phenols is 1. The molecule has 0 fully saturated rings. The van der Waals surface area contributed by atoms with E-state index in [-0.39, 0.29) is 6.04 Å². The Bertz CT molecular complexity index is 622. The Morgan fingerprint density at radius 2 is 2.14 bits per heavy atom. The van der Waals surface area contributed by atoms with Crippen molar-refractivity contribution in [1.29, 1.82) is 0 Å². The summed E-state index contributed by atoms with van der Waals surface area (Å²) in [5, 5.41) is 17.6. The fraction of sp³-hybridized carbons (Fsp3) is 0.471. The summed E-state index contributed by atoms with van der Waals surface area (Å²) in [6.45, 7) is 8.40. The quantitative estimate of drug-likeness (QED) is 0.825. The summed E-state index contributed by atoms with van der Waals surface area (Å²) in [5.41, 5.74) is 4.51. The number of ether oxygens (including phenoxy) is 1. The van der Waals surface area contributed by atoms with Crippen molar-refractivity contribution in [1.82, 2.24) is 15.1 Å². The lowest BCUT2D eigenvalue weighted by Crippen LogP contribution is -2.19. The lowest BCUT2D eigenvalue weighted by atomic mass is 10.1. The van der Waals surface area contributed by atoms with E-state index in [4.69, 9.17) is 4.74 Å². The lowest BCUT2D eigenvalue weighted by Gasteiger charge is -2.15. The fourth-order valence-corrected chi connectivity index (χ4v) is 2.55. The van der Waals surface area contributed by atoms with Crippen molar-refractivity contribution in [2.75, 3.05) is 13.7 Å². The Morgan fingerprint density at radius 3 is 2.82 bits per heavy atom. The summed E-state index contributed by atoms with van der Waals surface area (Å²) < 4.78 is 7.11. The van der Waals surface area contributed by atoms with E-state index in [1.807, 2.05) is 23.7 Å². The Hall–Kier alpha value is -1.85. The van der Waals surface area contributed by atoms with Gasteiger partial charge in [-0.2, -0.15) is 5.10 Å². The van der Waals surface area contributed by atoms with E-state index in [2.05, 4.69) is 24.3 Å². The summed E-state index contributed by atoms with van der Waals surface area (Å²) in [6, 6.07) is 7.51. The van der Waals surface area contributed by atoms with Gasteiger partial charge in [-0.3, -0.25) is 4.68 Å². The van der Waals surface area contributed by atoms with Crippen molar-refractivity contribution >= 4 is 0 Å². The maximum absolute atomic E-state index is 9.57. The van der Waals surface area contributed by atoms with Crippen LogP contribution in [0.3, 0.4) is 0 Å². The van der Waals surface area contributed by atoms with Crippen molar-refractivity contribution in [3.63, 3.8) is 0 Å². The van der Waals surface area contributed by atoms with Crippen molar-refractivity contribution in [3.8, 4) is 5.75 Å². The number of hydrogen-bond acceptors (Lipinski definition) is 4. The van der Waals surface area contributed by atoms with E-state index < -0.39 is 0 Å². The molecule has 0 unspecified atom stereocenters. The molecule has 22 heavy (non-hydrogen) atoms. The third-order valence-electron chi connectivity index (χ3n) is 3.99. The average molecular weight is 303 g/mol. The lowest BCUT2D eigenvalue weighted by molar-refractivity contribution is 0.182. The highest BCUT2D eigenvalue weighted by Crippen LogP contribution is 2.19. The number of nitrogens with one attached hydrogen (secondary N) is 1. The molecule has 1 heterocycles. The highest BCUT2D eigenvalue weighted by Gasteiger charge is 2.13. The van der Waals surface area contributed by atoms with Gasteiger partial charge in [0.05, 0.1) is 18.8 Å². The Kier molecular flexibility index (Phi) is 5.57. The Labute approximate surface area is 131 Å².